The van der Waals surface area contributed by atoms with Crippen molar-refractivity contribution in [3.63, 3.8) is 0 Å². The SMILES string of the molecule is C=CC(=O)Cl.C=CC(=O)OCCN(C)c1ccc2c3c1cccc3c(=O)n1c3cccc4cccc(nc21)c43.CN(CCO)c1ccc2c3c1cccc3c(=O)n1c3cccc4cccc(nc21)c43. The Bertz CT molecular complexity index is 4160. The Morgan fingerprint density at radius 2 is 1.00 bits per heavy atom. The first kappa shape index (κ1) is 44.4. The van der Waals surface area contributed by atoms with Gasteiger partial charge in [-0.3, -0.25) is 23.2 Å². The normalized spacial score (nSPS) is 11.5. The number of esters is 1. The fourth-order valence-corrected chi connectivity index (χ4v) is 9.64. The lowest BCUT2D eigenvalue weighted by Crippen LogP contribution is -2.24. The number of halogens is 1. The second-order valence-electron chi connectivity index (χ2n) is 16.6. The molecule has 0 saturated heterocycles. The van der Waals surface area contributed by atoms with Crippen molar-refractivity contribution in [2.75, 3.05) is 50.2 Å². The third-order valence-corrected chi connectivity index (χ3v) is 12.9. The lowest BCUT2D eigenvalue weighted by atomic mass is 9.99. The highest BCUT2D eigenvalue weighted by Crippen LogP contribution is 2.38. The van der Waals surface area contributed by atoms with Gasteiger partial charge >= 0.3 is 5.97 Å². The molecule has 12 nitrogen and oxygen atoms in total. The number of hydrogen-bond acceptors (Lipinski definition) is 10. The van der Waals surface area contributed by atoms with E-state index in [4.69, 9.17) is 26.3 Å². The molecule has 0 radical (unpaired) electrons. The molecule has 4 heterocycles. The van der Waals surface area contributed by atoms with E-state index in [0.29, 0.717) is 35.2 Å². The molecule has 69 heavy (non-hydrogen) atoms. The van der Waals surface area contributed by atoms with E-state index in [9.17, 15) is 24.3 Å². The van der Waals surface area contributed by atoms with Gasteiger partial charge in [-0.05, 0) is 89.1 Å². The summed E-state index contributed by atoms with van der Waals surface area (Å²) in [4.78, 5) is 62.3. The highest BCUT2D eigenvalue weighted by molar-refractivity contribution is 6.66. The molecule has 340 valence electrons. The van der Waals surface area contributed by atoms with E-state index in [2.05, 4.69) is 31.4 Å². The number of nitrogens with zero attached hydrogens (tertiary/aromatic N) is 6. The fraction of sp³-hybridized carbons (Fsp3) is 0.107. The Morgan fingerprint density at radius 1 is 0.580 bits per heavy atom. The number of benzene rings is 8. The summed E-state index contributed by atoms with van der Waals surface area (Å²) >= 11 is 4.71. The monoisotopic (exact) mass is 930 g/mol. The number of likely N-dealkylation sites (N-methyl/N-ethyl adjacent to an activating group) is 2. The zero-order chi connectivity index (χ0) is 48.1. The summed E-state index contributed by atoms with van der Waals surface area (Å²) in [5.74, 6) is -0.443. The van der Waals surface area contributed by atoms with Crippen molar-refractivity contribution in [2.24, 2.45) is 0 Å². The lowest BCUT2D eigenvalue weighted by molar-refractivity contribution is -0.137. The van der Waals surface area contributed by atoms with Crippen molar-refractivity contribution in [3.05, 3.63) is 179 Å². The number of pyridine rings is 2. The van der Waals surface area contributed by atoms with Crippen LogP contribution in [0.15, 0.2) is 168 Å². The van der Waals surface area contributed by atoms with Crippen LogP contribution >= 0.6 is 11.6 Å². The Kier molecular flexibility index (Phi) is 11.6. The minimum atomic E-state index is -0.509. The van der Waals surface area contributed by atoms with Crippen LogP contribution in [0.5, 0.6) is 0 Å². The molecule has 12 aromatic rings. The van der Waals surface area contributed by atoms with Crippen molar-refractivity contribution in [2.45, 2.75) is 0 Å². The van der Waals surface area contributed by atoms with Gasteiger partial charge in [0.05, 0.1) is 35.2 Å². The number of rotatable bonds is 9. The van der Waals surface area contributed by atoms with Gasteiger partial charge in [-0.15, -0.1) is 0 Å². The maximum atomic E-state index is 13.8. The third kappa shape index (κ3) is 7.46. The highest BCUT2D eigenvalue weighted by atomic mass is 35.5. The molecule has 0 aliphatic carbocycles. The van der Waals surface area contributed by atoms with Crippen molar-refractivity contribution >= 4 is 132 Å². The Labute approximate surface area is 398 Å². The van der Waals surface area contributed by atoms with Crippen LogP contribution in [0.1, 0.15) is 0 Å². The maximum absolute atomic E-state index is 13.8. The van der Waals surface area contributed by atoms with E-state index in [-0.39, 0.29) is 24.3 Å². The zero-order valence-electron chi connectivity index (χ0n) is 37.6. The maximum Gasteiger partial charge on any atom is 0.330 e. The van der Waals surface area contributed by atoms with Crippen LogP contribution in [-0.2, 0) is 14.3 Å². The average Bonchev–Trinajstić information content (AvgIpc) is 3.37. The molecule has 1 N–H and O–H groups in total. The number of aliphatic hydroxyl groups excluding tert-OH is 1. The zero-order valence-corrected chi connectivity index (χ0v) is 38.4. The Balaban J connectivity index is 0.000000147. The molecule has 0 fully saturated rings. The van der Waals surface area contributed by atoms with Gasteiger partial charge in [-0.1, -0.05) is 86.0 Å². The summed E-state index contributed by atoms with van der Waals surface area (Å²) in [5, 5.41) is 20.0. The number of allylic oxidation sites excluding steroid dienone is 1. The van der Waals surface area contributed by atoms with Gasteiger partial charge in [0.2, 0.25) is 5.24 Å². The van der Waals surface area contributed by atoms with Crippen molar-refractivity contribution < 1.29 is 19.4 Å². The minimum absolute atomic E-state index is 0.0594. The first-order valence-corrected chi connectivity index (χ1v) is 22.6. The van der Waals surface area contributed by atoms with E-state index < -0.39 is 11.2 Å². The largest absolute Gasteiger partial charge is 0.461 e. The second-order valence-corrected chi connectivity index (χ2v) is 17.0. The summed E-state index contributed by atoms with van der Waals surface area (Å²) in [6.07, 6.45) is 2.20. The Hall–Kier alpha value is -8.45. The molecule has 13 heteroatoms. The van der Waals surface area contributed by atoms with Crippen LogP contribution in [0.2, 0.25) is 0 Å². The molecule has 4 aromatic heterocycles. The van der Waals surface area contributed by atoms with E-state index in [0.717, 1.165) is 99.5 Å². The number of anilines is 2. The van der Waals surface area contributed by atoms with Gasteiger partial charge in [-0.2, -0.15) is 0 Å². The molecule has 12 rings (SSSR count). The molecule has 8 aromatic carbocycles. The number of aliphatic hydroxyl groups is 1. The van der Waals surface area contributed by atoms with E-state index in [1.807, 2.05) is 139 Å². The van der Waals surface area contributed by atoms with Crippen molar-refractivity contribution in [1.82, 2.24) is 18.8 Å². The number of ether oxygens (including phenoxy) is 1. The molecule has 0 spiro atoms. The minimum Gasteiger partial charge on any atom is -0.461 e. The van der Waals surface area contributed by atoms with Gasteiger partial charge in [0, 0.05) is 92.0 Å². The van der Waals surface area contributed by atoms with Crippen LogP contribution < -0.4 is 20.9 Å². The van der Waals surface area contributed by atoms with E-state index in [1.54, 1.807) is 8.80 Å². The van der Waals surface area contributed by atoms with Gasteiger partial charge in [0.15, 0.2) is 0 Å². The summed E-state index contributed by atoms with van der Waals surface area (Å²) < 4.78 is 8.64. The molecular formula is C56H43ClN6O6. The molecule has 0 amide bonds. The van der Waals surface area contributed by atoms with Crippen LogP contribution in [0, 0.1) is 0 Å². The Morgan fingerprint density at radius 3 is 1.43 bits per heavy atom. The molecule has 0 atom stereocenters. The predicted molar refractivity (Wildman–Crippen MR) is 281 cm³/mol. The predicted octanol–water partition coefficient (Wildman–Crippen LogP) is 10.0. The van der Waals surface area contributed by atoms with Gasteiger partial charge < -0.3 is 19.6 Å². The summed E-state index contributed by atoms with van der Waals surface area (Å²) in [6.45, 7) is 7.84. The first-order chi connectivity index (χ1) is 33.5. The fourth-order valence-electron chi connectivity index (χ4n) is 9.64. The van der Waals surface area contributed by atoms with Crippen LogP contribution in [0.25, 0.3) is 98.0 Å². The topological polar surface area (TPSA) is 139 Å². The van der Waals surface area contributed by atoms with E-state index in [1.165, 1.54) is 0 Å². The molecule has 0 saturated carbocycles. The number of aromatic nitrogens is 4. The number of carbonyl (C=O) groups is 2. The standard InChI is InChI=1S/C28H21N3O3.C25H19N3O2.C3H3ClO/c1-3-24(32)34-16-15-30(2)22-14-13-19-26-18(22)9-6-10-20(26)28(33)31-23-12-5-8-17-7-4-11-21(25(17)23)29-27(19)31;1-27(13-14-29)20-12-11-17-23-16(20)7-4-8-18(23)25(30)28-21-10-3-6-15-5-2-9-19(22(15)21)26-24(17)28;1-2-3(4)5/h3-14H,1,15-16H2,2H3;2-12,29H,13-14H2,1H3;2H,1H2. The van der Waals surface area contributed by atoms with E-state index >= 15 is 0 Å². The van der Waals surface area contributed by atoms with Gasteiger partial charge in [0.25, 0.3) is 11.1 Å². The quantitative estimate of drug-likeness (QED) is 0.0489. The van der Waals surface area contributed by atoms with Gasteiger partial charge in [-0.25, -0.2) is 14.8 Å². The summed E-state index contributed by atoms with van der Waals surface area (Å²) in [6, 6.07) is 43.9. The number of carbonyl (C=O) groups excluding carboxylic acids is 2. The molecule has 0 aliphatic heterocycles. The summed E-state index contributed by atoms with van der Waals surface area (Å²) in [7, 11) is 3.89. The molecule has 0 aliphatic rings. The average molecular weight is 931 g/mol. The molecule has 0 bridgehead atoms. The molecular weight excluding hydrogens is 888 g/mol. The molecule has 0 unspecified atom stereocenters. The third-order valence-electron chi connectivity index (χ3n) is 12.7. The lowest BCUT2D eigenvalue weighted by Gasteiger charge is -2.22. The second kappa shape index (κ2) is 18.0. The smallest absolute Gasteiger partial charge is 0.330 e. The number of hydrogen-bond donors (Lipinski definition) is 1. The van der Waals surface area contributed by atoms with Gasteiger partial charge in [0.1, 0.15) is 17.9 Å². The van der Waals surface area contributed by atoms with Crippen LogP contribution in [0.3, 0.4) is 0 Å². The van der Waals surface area contributed by atoms with Crippen molar-refractivity contribution in [1.29, 1.82) is 0 Å². The first-order valence-electron chi connectivity index (χ1n) is 22.2. The van der Waals surface area contributed by atoms with Crippen LogP contribution in [0.4, 0.5) is 11.4 Å². The van der Waals surface area contributed by atoms with Crippen molar-refractivity contribution in [3.8, 4) is 0 Å². The van der Waals surface area contributed by atoms with Crippen LogP contribution in [-0.4, -0.2) is 75.5 Å². The highest BCUT2D eigenvalue weighted by Gasteiger charge is 2.21. The summed E-state index contributed by atoms with van der Waals surface area (Å²) in [5.41, 5.74) is 6.61. The number of fused-ring (bicyclic) bond motifs is 6.